The SMILES string of the molecule is COCCN1C(=O)C(NC(=O)[C@H](C)NC(=O)CCC(F)(F)F)N=C(c2ccccc2)c2ccccc21. The van der Waals surface area contributed by atoms with Gasteiger partial charge in [-0.05, 0) is 13.0 Å². The zero-order chi connectivity index (χ0) is 26.3. The highest BCUT2D eigenvalue weighted by molar-refractivity contribution is 6.20. The molecule has 192 valence electrons. The van der Waals surface area contributed by atoms with E-state index >= 15 is 0 Å². The minimum absolute atomic E-state index is 0.194. The summed E-state index contributed by atoms with van der Waals surface area (Å²) in [7, 11) is 1.50. The number of alkyl halides is 3. The van der Waals surface area contributed by atoms with Crippen LogP contribution in [-0.4, -0.2) is 62.1 Å². The number of hydrogen-bond acceptors (Lipinski definition) is 5. The van der Waals surface area contributed by atoms with E-state index in [1.807, 2.05) is 42.5 Å². The number of methoxy groups -OCH3 is 1. The molecule has 0 saturated heterocycles. The summed E-state index contributed by atoms with van der Waals surface area (Å²) in [5.74, 6) is -2.21. The molecule has 0 aliphatic carbocycles. The lowest BCUT2D eigenvalue weighted by atomic mass is 10.0. The van der Waals surface area contributed by atoms with Gasteiger partial charge in [0.15, 0.2) is 0 Å². The highest BCUT2D eigenvalue weighted by Crippen LogP contribution is 2.28. The van der Waals surface area contributed by atoms with Crippen LogP contribution in [0.5, 0.6) is 0 Å². The molecule has 36 heavy (non-hydrogen) atoms. The summed E-state index contributed by atoms with van der Waals surface area (Å²) in [5, 5.41) is 4.77. The van der Waals surface area contributed by atoms with Gasteiger partial charge in [0.2, 0.25) is 18.0 Å². The fourth-order valence-electron chi connectivity index (χ4n) is 3.66. The molecule has 3 amide bonds. The van der Waals surface area contributed by atoms with Gasteiger partial charge in [0.1, 0.15) is 6.04 Å². The number of benzene rings is 2. The summed E-state index contributed by atoms with van der Waals surface area (Å²) in [4.78, 5) is 44.3. The molecule has 2 N–H and O–H groups in total. The number of benzodiazepines with no additional fused rings is 1. The van der Waals surface area contributed by atoms with Crippen LogP contribution >= 0.6 is 0 Å². The first kappa shape index (κ1) is 26.9. The third-order valence-electron chi connectivity index (χ3n) is 5.46. The Hall–Kier alpha value is -3.73. The minimum atomic E-state index is -4.49. The molecule has 8 nitrogen and oxygen atoms in total. The molecule has 0 aromatic heterocycles. The highest BCUT2D eigenvalue weighted by atomic mass is 19.4. The van der Waals surface area contributed by atoms with Gasteiger partial charge in [0.25, 0.3) is 5.91 Å². The van der Waals surface area contributed by atoms with Gasteiger partial charge in [-0.1, -0.05) is 48.5 Å². The van der Waals surface area contributed by atoms with Gasteiger partial charge in [-0.15, -0.1) is 0 Å². The first-order valence-electron chi connectivity index (χ1n) is 11.3. The standard InChI is InChI=1S/C25H27F3N4O4/c1-16(29-20(33)12-13-25(26,27)28)23(34)31-22-24(35)32(14-15-36-2)19-11-7-6-10-18(19)21(30-22)17-8-4-3-5-9-17/h3-11,16,22H,12-15H2,1-2H3,(H,29,33)(H,31,34)/t16-,22?/m0/s1. The third kappa shape index (κ3) is 6.91. The molecule has 1 aliphatic heterocycles. The average Bonchev–Trinajstić information content (AvgIpc) is 2.96. The van der Waals surface area contributed by atoms with E-state index < -0.39 is 48.9 Å². The normalized spacial score (nSPS) is 16.5. The van der Waals surface area contributed by atoms with Crippen molar-refractivity contribution in [3.63, 3.8) is 0 Å². The lowest BCUT2D eigenvalue weighted by molar-refractivity contribution is -0.144. The van der Waals surface area contributed by atoms with Gasteiger partial charge in [-0.3, -0.25) is 14.4 Å². The smallest absolute Gasteiger partial charge is 0.383 e. The lowest BCUT2D eigenvalue weighted by Crippen LogP contribution is -2.53. The van der Waals surface area contributed by atoms with E-state index in [0.717, 1.165) is 5.56 Å². The summed E-state index contributed by atoms with van der Waals surface area (Å²) >= 11 is 0. The molecule has 1 aliphatic rings. The van der Waals surface area contributed by atoms with E-state index in [9.17, 15) is 27.6 Å². The minimum Gasteiger partial charge on any atom is -0.383 e. The predicted molar refractivity (Wildman–Crippen MR) is 128 cm³/mol. The fraction of sp³-hybridized carbons (Fsp3) is 0.360. The number of carbonyl (C=O) groups excluding carboxylic acids is 3. The Morgan fingerprint density at radius 3 is 2.44 bits per heavy atom. The van der Waals surface area contributed by atoms with Gasteiger partial charge in [0, 0.05) is 31.2 Å². The number of hydrogen-bond donors (Lipinski definition) is 2. The third-order valence-corrected chi connectivity index (χ3v) is 5.46. The van der Waals surface area contributed by atoms with Crippen molar-refractivity contribution < 1.29 is 32.3 Å². The summed E-state index contributed by atoms with van der Waals surface area (Å²) in [6.07, 6.45) is -7.93. The monoisotopic (exact) mass is 504 g/mol. The molecule has 0 bridgehead atoms. The van der Waals surface area contributed by atoms with Crippen molar-refractivity contribution in [2.75, 3.05) is 25.2 Å². The highest BCUT2D eigenvalue weighted by Gasteiger charge is 2.34. The molecule has 0 radical (unpaired) electrons. The van der Waals surface area contributed by atoms with Crippen molar-refractivity contribution >= 4 is 29.1 Å². The van der Waals surface area contributed by atoms with Crippen LogP contribution < -0.4 is 15.5 Å². The van der Waals surface area contributed by atoms with Crippen LogP contribution in [0.4, 0.5) is 18.9 Å². The van der Waals surface area contributed by atoms with E-state index in [2.05, 4.69) is 15.6 Å². The molecule has 0 spiro atoms. The molecular weight excluding hydrogens is 477 g/mol. The topological polar surface area (TPSA) is 100 Å². The zero-order valence-corrected chi connectivity index (χ0v) is 19.8. The quantitative estimate of drug-likeness (QED) is 0.549. The van der Waals surface area contributed by atoms with Crippen LogP contribution in [-0.2, 0) is 19.1 Å². The molecule has 2 aromatic carbocycles. The number of aliphatic imine (C=N–C) groups is 1. The first-order valence-corrected chi connectivity index (χ1v) is 11.3. The zero-order valence-electron chi connectivity index (χ0n) is 19.8. The maximum absolute atomic E-state index is 13.5. The Bertz CT molecular complexity index is 1120. The van der Waals surface area contributed by atoms with E-state index in [-0.39, 0.29) is 13.2 Å². The molecule has 3 rings (SSSR count). The number of carbonyl (C=O) groups is 3. The van der Waals surface area contributed by atoms with Gasteiger partial charge in [0.05, 0.1) is 24.4 Å². The molecule has 2 aromatic rings. The summed E-state index contributed by atoms with van der Waals surface area (Å²) < 4.78 is 42.3. The number of nitrogens with zero attached hydrogens (tertiary/aromatic N) is 2. The summed E-state index contributed by atoms with van der Waals surface area (Å²) in [6, 6.07) is 15.1. The van der Waals surface area contributed by atoms with Crippen LogP contribution in [0.3, 0.4) is 0 Å². The maximum Gasteiger partial charge on any atom is 0.389 e. The van der Waals surface area contributed by atoms with Gasteiger partial charge in [-0.25, -0.2) is 4.99 Å². The largest absolute Gasteiger partial charge is 0.389 e. The van der Waals surface area contributed by atoms with Crippen molar-refractivity contribution in [3.05, 3.63) is 65.7 Å². The molecule has 0 saturated carbocycles. The van der Waals surface area contributed by atoms with Crippen molar-refractivity contribution in [1.29, 1.82) is 0 Å². The Morgan fingerprint density at radius 2 is 1.78 bits per heavy atom. The van der Waals surface area contributed by atoms with Crippen LogP contribution in [0.2, 0.25) is 0 Å². The van der Waals surface area contributed by atoms with Gasteiger partial charge in [-0.2, -0.15) is 13.2 Å². The molecule has 1 unspecified atom stereocenters. The van der Waals surface area contributed by atoms with Crippen molar-refractivity contribution in [2.24, 2.45) is 4.99 Å². The fourth-order valence-corrected chi connectivity index (χ4v) is 3.66. The Labute approximate surface area is 206 Å². The number of ether oxygens (including phenoxy) is 1. The molecular formula is C25H27F3N4O4. The first-order chi connectivity index (χ1) is 17.1. The Morgan fingerprint density at radius 1 is 1.11 bits per heavy atom. The van der Waals surface area contributed by atoms with E-state index in [0.29, 0.717) is 17.0 Å². The number of halogens is 3. The van der Waals surface area contributed by atoms with E-state index in [1.54, 1.807) is 12.1 Å². The lowest BCUT2D eigenvalue weighted by Gasteiger charge is -2.25. The number of nitrogens with one attached hydrogen (secondary N) is 2. The van der Waals surface area contributed by atoms with Gasteiger partial charge >= 0.3 is 6.18 Å². The predicted octanol–water partition coefficient (Wildman–Crippen LogP) is 2.81. The number of para-hydroxylation sites is 1. The van der Waals surface area contributed by atoms with E-state index in [1.165, 1.54) is 18.9 Å². The molecule has 0 fully saturated rings. The maximum atomic E-state index is 13.5. The van der Waals surface area contributed by atoms with Crippen LogP contribution in [0.25, 0.3) is 0 Å². The summed E-state index contributed by atoms with van der Waals surface area (Å²) in [6.45, 7) is 1.74. The number of rotatable bonds is 9. The Kier molecular flexibility index (Phi) is 8.81. The number of amides is 3. The second-order valence-corrected chi connectivity index (χ2v) is 8.16. The molecule has 1 heterocycles. The molecule has 2 atom stereocenters. The average molecular weight is 505 g/mol. The second kappa shape index (κ2) is 11.8. The summed E-state index contributed by atoms with van der Waals surface area (Å²) in [5.41, 5.74) is 2.47. The number of anilines is 1. The van der Waals surface area contributed by atoms with Crippen LogP contribution in [0.15, 0.2) is 59.6 Å². The second-order valence-electron chi connectivity index (χ2n) is 8.16. The van der Waals surface area contributed by atoms with Crippen molar-refractivity contribution in [3.8, 4) is 0 Å². The van der Waals surface area contributed by atoms with E-state index in [4.69, 9.17) is 4.74 Å². The van der Waals surface area contributed by atoms with Crippen LogP contribution in [0, 0.1) is 0 Å². The number of fused-ring (bicyclic) bond motifs is 1. The van der Waals surface area contributed by atoms with Crippen molar-refractivity contribution in [2.45, 2.75) is 38.1 Å². The van der Waals surface area contributed by atoms with Gasteiger partial charge < -0.3 is 20.3 Å². The Balaban J connectivity index is 1.89. The van der Waals surface area contributed by atoms with Crippen molar-refractivity contribution in [1.82, 2.24) is 10.6 Å². The van der Waals surface area contributed by atoms with Crippen LogP contribution in [0.1, 0.15) is 30.9 Å². The molecule has 11 heteroatoms.